The minimum atomic E-state index is -0.937. The fourth-order valence-corrected chi connectivity index (χ4v) is 2.73. The molecule has 0 aliphatic carbocycles. The zero-order valence-corrected chi connectivity index (χ0v) is 11.8. The van der Waals surface area contributed by atoms with Crippen molar-refractivity contribution in [1.82, 2.24) is 5.32 Å². The van der Waals surface area contributed by atoms with E-state index in [9.17, 15) is 9.59 Å². The number of aryl methyl sites for hydroxylation is 1. The Labute approximate surface area is 121 Å². The van der Waals surface area contributed by atoms with Crippen molar-refractivity contribution in [2.45, 2.75) is 19.4 Å². The molecule has 1 heterocycles. The molecule has 0 radical (unpaired) electrons. The predicted molar refractivity (Wildman–Crippen MR) is 78.0 cm³/mol. The van der Waals surface area contributed by atoms with Crippen LogP contribution in [0.25, 0.3) is 0 Å². The van der Waals surface area contributed by atoms with Crippen molar-refractivity contribution in [3.8, 4) is 0 Å². The van der Waals surface area contributed by atoms with Gasteiger partial charge in [-0.1, -0.05) is 24.3 Å². The van der Waals surface area contributed by atoms with E-state index in [2.05, 4.69) is 5.32 Å². The molecule has 0 aliphatic heterocycles. The molecule has 1 amide bonds. The molecule has 1 atom stereocenters. The van der Waals surface area contributed by atoms with Gasteiger partial charge in [-0.05, 0) is 30.0 Å². The van der Waals surface area contributed by atoms with Gasteiger partial charge < -0.3 is 10.4 Å². The van der Waals surface area contributed by atoms with E-state index in [1.165, 1.54) is 11.3 Å². The van der Waals surface area contributed by atoms with Gasteiger partial charge in [0, 0.05) is 10.4 Å². The van der Waals surface area contributed by atoms with Crippen LogP contribution >= 0.6 is 11.3 Å². The molecule has 1 aromatic heterocycles. The van der Waals surface area contributed by atoms with Crippen LogP contribution in [0.1, 0.15) is 33.3 Å². The number of nitrogens with one attached hydrogen (secondary N) is 1. The van der Waals surface area contributed by atoms with Gasteiger partial charge in [-0.25, -0.2) is 0 Å². The van der Waals surface area contributed by atoms with E-state index in [4.69, 9.17) is 5.11 Å². The molecule has 4 nitrogen and oxygen atoms in total. The maximum absolute atomic E-state index is 12.3. The second-order valence-corrected chi connectivity index (χ2v) is 5.43. The standard InChI is InChI=1S/C15H15NO3S/c1-10-5-2-3-6-11(10)15(19)16-12(9-14(17)18)13-7-4-8-20-13/h2-8,12H,9H2,1H3,(H,16,19)(H,17,18)/t12-/m0/s1. The molecule has 20 heavy (non-hydrogen) atoms. The number of carboxylic acids is 1. The smallest absolute Gasteiger partial charge is 0.305 e. The molecular formula is C15H15NO3S. The second-order valence-electron chi connectivity index (χ2n) is 4.45. The summed E-state index contributed by atoms with van der Waals surface area (Å²) in [5.74, 6) is -1.18. The van der Waals surface area contributed by atoms with E-state index in [0.29, 0.717) is 5.56 Å². The molecule has 104 valence electrons. The SMILES string of the molecule is Cc1ccccc1C(=O)N[C@@H](CC(=O)O)c1cccs1. The van der Waals surface area contributed by atoms with E-state index in [1.54, 1.807) is 12.1 Å². The normalized spacial score (nSPS) is 11.8. The molecule has 2 rings (SSSR count). The fourth-order valence-electron chi connectivity index (χ4n) is 1.95. The first-order valence-corrected chi connectivity index (χ1v) is 7.07. The van der Waals surface area contributed by atoms with Crippen LogP contribution in [-0.4, -0.2) is 17.0 Å². The van der Waals surface area contributed by atoms with Crippen LogP contribution in [0.3, 0.4) is 0 Å². The Morgan fingerprint density at radius 2 is 2.00 bits per heavy atom. The quantitative estimate of drug-likeness (QED) is 0.889. The molecule has 1 aromatic carbocycles. The topological polar surface area (TPSA) is 66.4 Å². The molecule has 0 saturated carbocycles. The average Bonchev–Trinajstić information content (AvgIpc) is 2.91. The molecular weight excluding hydrogens is 274 g/mol. The molecule has 0 bridgehead atoms. The number of hydrogen-bond donors (Lipinski definition) is 2. The third-order valence-corrected chi connectivity index (χ3v) is 3.95. The van der Waals surface area contributed by atoms with E-state index in [1.807, 2.05) is 36.6 Å². The minimum absolute atomic E-state index is 0.127. The fraction of sp³-hybridized carbons (Fsp3) is 0.200. The van der Waals surface area contributed by atoms with Crippen molar-refractivity contribution in [2.75, 3.05) is 0 Å². The Morgan fingerprint density at radius 1 is 1.25 bits per heavy atom. The number of carbonyl (C=O) groups excluding carboxylic acids is 1. The van der Waals surface area contributed by atoms with E-state index < -0.39 is 12.0 Å². The third-order valence-electron chi connectivity index (χ3n) is 2.96. The summed E-state index contributed by atoms with van der Waals surface area (Å²) in [6.07, 6.45) is -0.127. The van der Waals surface area contributed by atoms with E-state index in [0.717, 1.165) is 10.4 Å². The Bertz CT molecular complexity index is 607. The van der Waals surface area contributed by atoms with Crippen molar-refractivity contribution in [1.29, 1.82) is 0 Å². The number of benzene rings is 1. The Balaban J connectivity index is 2.18. The van der Waals surface area contributed by atoms with Crippen LogP contribution in [0.4, 0.5) is 0 Å². The van der Waals surface area contributed by atoms with Gasteiger partial charge in [0.05, 0.1) is 12.5 Å². The number of carboxylic acid groups (broad SMARTS) is 1. The lowest BCUT2D eigenvalue weighted by atomic mass is 10.1. The number of hydrogen-bond acceptors (Lipinski definition) is 3. The maximum Gasteiger partial charge on any atom is 0.305 e. The van der Waals surface area contributed by atoms with Gasteiger partial charge in [0.15, 0.2) is 0 Å². The lowest BCUT2D eigenvalue weighted by molar-refractivity contribution is -0.137. The highest BCUT2D eigenvalue weighted by Gasteiger charge is 2.20. The first-order chi connectivity index (χ1) is 9.58. The molecule has 0 spiro atoms. The lowest BCUT2D eigenvalue weighted by Crippen LogP contribution is -2.30. The van der Waals surface area contributed by atoms with Crippen molar-refractivity contribution < 1.29 is 14.7 Å². The molecule has 0 aliphatic rings. The molecule has 0 unspecified atom stereocenters. The minimum Gasteiger partial charge on any atom is -0.481 e. The number of carbonyl (C=O) groups is 2. The summed E-state index contributed by atoms with van der Waals surface area (Å²) in [7, 11) is 0. The number of amides is 1. The average molecular weight is 289 g/mol. The zero-order valence-electron chi connectivity index (χ0n) is 11.0. The lowest BCUT2D eigenvalue weighted by Gasteiger charge is -2.16. The summed E-state index contributed by atoms with van der Waals surface area (Å²) in [6.45, 7) is 1.85. The highest BCUT2D eigenvalue weighted by molar-refractivity contribution is 7.10. The highest BCUT2D eigenvalue weighted by Crippen LogP contribution is 2.22. The van der Waals surface area contributed by atoms with E-state index >= 15 is 0 Å². The Kier molecular flexibility index (Phi) is 4.53. The van der Waals surface area contributed by atoms with Gasteiger partial charge in [-0.2, -0.15) is 0 Å². The summed E-state index contributed by atoms with van der Waals surface area (Å²) in [4.78, 5) is 24.0. The summed E-state index contributed by atoms with van der Waals surface area (Å²) in [5, 5.41) is 13.6. The van der Waals surface area contributed by atoms with Gasteiger partial charge >= 0.3 is 5.97 Å². The summed E-state index contributed by atoms with van der Waals surface area (Å²) < 4.78 is 0. The second kappa shape index (κ2) is 6.34. The van der Waals surface area contributed by atoms with Crippen LogP contribution in [-0.2, 0) is 4.79 Å². The van der Waals surface area contributed by atoms with Crippen LogP contribution in [0.2, 0.25) is 0 Å². The first kappa shape index (κ1) is 14.3. The third kappa shape index (κ3) is 3.45. The molecule has 0 saturated heterocycles. The van der Waals surface area contributed by atoms with E-state index in [-0.39, 0.29) is 12.3 Å². The molecule has 2 aromatic rings. The maximum atomic E-state index is 12.3. The van der Waals surface area contributed by atoms with Crippen LogP contribution in [0.5, 0.6) is 0 Å². The van der Waals surface area contributed by atoms with Crippen molar-refractivity contribution in [3.63, 3.8) is 0 Å². The number of aliphatic carboxylic acids is 1. The monoisotopic (exact) mass is 289 g/mol. The predicted octanol–water partition coefficient (Wildman–Crippen LogP) is 3.00. The van der Waals surface area contributed by atoms with Gasteiger partial charge in [0.2, 0.25) is 0 Å². The number of thiophene rings is 1. The summed E-state index contributed by atoms with van der Waals surface area (Å²) >= 11 is 1.44. The van der Waals surface area contributed by atoms with Crippen molar-refractivity contribution in [2.24, 2.45) is 0 Å². The first-order valence-electron chi connectivity index (χ1n) is 6.19. The Hall–Kier alpha value is -2.14. The zero-order chi connectivity index (χ0) is 14.5. The van der Waals surface area contributed by atoms with Crippen LogP contribution in [0, 0.1) is 6.92 Å². The van der Waals surface area contributed by atoms with Crippen LogP contribution in [0.15, 0.2) is 41.8 Å². The highest BCUT2D eigenvalue weighted by atomic mass is 32.1. The van der Waals surface area contributed by atoms with Gasteiger partial charge in [0.25, 0.3) is 5.91 Å². The van der Waals surface area contributed by atoms with Gasteiger partial charge in [0.1, 0.15) is 0 Å². The summed E-state index contributed by atoms with van der Waals surface area (Å²) in [5.41, 5.74) is 1.43. The van der Waals surface area contributed by atoms with Crippen molar-refractivity contribution in [3.05, 3.63) is 57.8 Å². The van der Waals surface area contributed by atoms with Crippen molar-refractivity contribution >= 4 is 23.2 Å². The number of rotatable bonds is 5. The molecule has 0 fully saturated rings. The van der Waals surface area contributed by atoms with Gasteiger partial charge in [-0.15, -0.1) is 11.3 Å². The molecule has 5 heteroatoms. The summed E-state index contributed by atoms with van der Waals surface area (Å²) in [6, 6.07) is 10.4. The van der Waals surface area contributed by atoms with Gasteiger partial charge in [-0.3, -0.25) is 9.59 Å². The van der Waals surface area contributed by atoms with Crippen LogP contribution < -0.4 is 5.32 Å². The Morgan fingerprint density at radius 3 is 2.60 bits per heavy atom. The molecule has 2 N–H and O–H groups in total. The largest absolute Gasteiger partial charge is 0.481 e.